The third kappa shape index (κ3) is 3.35. The highest BCUT2D eigenvalue weighted by molar-refractivity contribution is 5.39. The van der Waals surface area contributed by atoms with Crippen LogP contribution in [0.3, 0.4) is 0 Å². The second kappa shape index (κ2) is 6.29. The Bertz CT molecular complexity index is 604. The van der Waals surface area contributed by atoms with Crippen LogP contribution in [-0.4, -0.2) is 41.3 Å². The summed E-state index contributed by atoms with van der Waals surface area (Å²) in [4.78, 5) is 17.5. The van der Waals surface area contributed by atoms with Gasteiger partial charge in [-0.15, -0.1) is 0 Å². The quantitative estimate of drug-likeness (QED) is 0.839. The van der Waals surface area contributed by atoms with Crippen molar-refractivity contribution in [1.82, 2.24) is 20.1 Å². The molecule has 2 rings (SSSR count). The number of hydrogen-bond donors (Lipinski definition) is 0. The first kappa shape index (κ1) is 16.2. The van der Waals surface area contributed by atoms with Crippen molar-refractivity contribution >= 4 is 11.9 Å². The predicted molar refractivity (Wildman–Crippen MR) is 86.3 cm³/mol. The van der Waals surface area contributed by atoms with E-state index in [-0.39, 0.29) is 5.92 Å². The maximum absolute atomic E-state index is 5.22. The summed E-state index contributed by atoms with van der Waals surface area (Å²) in [6, 6.07) is 0. The molecular formula is C15H24N6O. The van der Waals surface area contributed by atoms with Crippen molar-refractivity contribution in [1.29, 1.82) is 0 Å². The molecule has 0 unspecified atom stereocenters. The molecule has 0 aliphatic heterocycles. The summed E-state index contributed by atoms with van der Waals surface area (Å²) in [6.45, 7) is 8.66. The Morgan fingerprint density at radius 3 is 2.14 bits per heavy atom. The summed E-state index contributed by atoms with van der Waals surface area (Å²) in [5.41, 5.74) is 1.97. The monoisotopic (exact) mass is 304 g/mol. The molecule has 0 amide bonds. The third-order valence-corrected chi connectivity index (χ3v) is 3.46. The molecule has 0 fully saturated rings. The minimum atomic E-state index is 0.243. The van der Waals surface area contributed by atoms with E-state index in [9.17, 15) is 0 Å². The second-order valence-electron chi connectivity index (χ2n) is 6.00. The smallest absolute Gasteiger partial charge is 0.230 e. The fraction of sp³-hybridized carbons (Fsp3) is 0.600. The van der Waals surface area contributed by atoms with Gasteiger partial charge in [-0.2, -0.15) is 15.0 Å². The zero-order valence-electron chi connectivity index (χ0n) is 14.4. The van der Waals surface area contributed by atoms with E-state index in [1.807, 2.05) is 44.8 Å². The Labute approximate surface area is 131 Å². The van der Waals surface area contributed by atoms with Gasteiger partial charge in [-0.1, -0.05) is 19.0 Å². The molecule has 120 valence electrons. The molecule has 22 heavy (non-hydrogen) atoms. The van der Waals surface area contributed by atoms with Crippen LogP contribution in [0.2, 0.25) is 0 Å². The molecule has 0 aromatic carbocycles. The van der Waals surface area contributed by atoms with Gasteiger partial charge in [0.15, 0.2) is 0 Å². The van der Waals surface area contributed by atoms with Crippen molar-refractivity contribution in [2.75, 3.05) is 30.9 Å². The first-order valence-electron chi connectivity index (χ1n) is 7.35. The van der Waals surface area contributed by atoms with Gasteiger partial charge >= 0.3 is 0 Å². The minimum absolute atomic E-state index is 0.243. The zero-order valence-corrected chi connectivity index (χ0v) is 14.4. The topological polar surface area (TPSA) is 71.2 Å². The number of rotatable bonds is 5. The standard InChI is InChI=1S/C15H24N6O/c1-9(2)13-16-14(20(5)6)18-15(17-13)21(7)8-12-10(3)19-22-11(12)4/h9H,8H2,1-7H3. The molecule has 0 saturated heterocycles. The zero-order chi connectivity index (χ0) is 16.4. The minimum Gasteiger partial charge on any atom is -0.361 e. The van der Waals surface area contributed by atoms with E-state index in [4.69, 9.17) is 4.52 Å². The summed E-state index contributed by atoms with van der Waals surface area (Å²) >= 11 is 0. The van der Waals surface area contributed by atoms with E-state index in [0.29, 0.717) is 18.4 Å². The highest BCUT2D eigenvalue weighted by Gasteiger charge is 2.17. The van der Waals surface area contributed by atoms with Crippen LogP contribution in [0, 0.1) is 13.8 Å². The van der Waals surface area contributed by atoms with E-state index in [2.05, 4.69) is 34.0 Å². The van der Waals surface area contributed by atoms with Gasteiger partial charge < -0.3 is 14.3 Å². The van der Waals surface area contributed by atoms with Gasteiger partial charge in [0.2, 0.25) is 11.9 Å². The van der Waals surface area contributed by atoms with Crippen molar-refractivity contribution in [2.24, 2.45) is 0 Å². The summed E-state index contributed by atoms with van der Waals surface area (Å²) in [5, 5.41) is 3.99. The van der Waals surface area contributed by atoms with Crippen LogP contribution in [0.1, 0.15) is 42.6 Å². The van der Waals surface area contributed by atoms with Crippen LogP contribution < -0.4 is 9.80 Å². The van der Waals surface area contributed by atoms with Crippen molar-refractivity contribution < 1.29 is 4.52 Å². The molecule has 0 saturated carbocycles. The van der Waals surface area contributed by atoms with Gasteiger partial charge in [-0.05, 0) is 13.8 Å². The van der Waals surface area contributed by atoms with E-state index in [1.54, 1.807) is 0 Å². The lowest BCUT2D eigenvalue weighted by Gasteiger charge is -2.20. The SMILES string of the molecule is Cc1noc(C)c1CN(C)c1nc(C(C)C)nc(N(C)C)n1. The Morgan fingerprint density at radius 2 is 1.64 bits per heavy atom. The number of aryl methyl sites for hydroxylation is 2. The molecule has 0 radical (unpaired) electrons. The summed E-state index contributed by atoms with van der Waals surface area (Å²) in [5.74, 6) is 3.18. The van der Waals surface area contributed by atoms with Crippen LogP contribution in [0.15, 0.2) is 4.52 Å². The normalized spacial score (nSPS) is 11.1. The molecular weight excluding hydrogens is 280 g/mol. The molecule has 0 bridgehead atoms. The Kier molecular flexibility index (Phi) is 4.63. The highest BCUT2D eigenvalue weighted by atomic mass is 16.5. The van der Waals surface area contributed by atoms with Crippen molar-refractivity contribution in [3.05, 3.63) is 22.8 Å². The van der Waals surface area contributed by atoms with Crippen molar-refractivity contribution in [3.8, 4) is 0 Å². The summed E-state index contributed by atoms with van der Waals surface area (Å²) in [7, 11) is 5.82. The Balaban J connectivity index is 2.34. The number of aromatic nitrogens is 4. The molecule has 2 heterocycles. The first-order valence-corrected chi connectivity index (χ1v) is 7.35. The Hall–Kier alpha value is -2.18. The average molecular weight is 304 g/mol. The number of nitrogens with zero attached hydrogens (tertiary/aromatic N) is 6. The van der Waals surface area contributed by atoms with Crippen LogP contribution >= 0.6 is 0 Å². The number of anilines is 2. The van der Waals surface area contributed by atoms with E-state index in [0.717, 1.165) is 22.8 Å². The van der Waals surface area contributed by atoms with Gasteiger partial charge in [0, 0.05) is 32.6 Å². The second-order valence-corrected chi connectivity index (χ2v) is 6.00. The fourth-order valence-electron chi connectivity index (χ4n) is 2.03. The largest absolute Gasteiger partial charge is 0.361 e. The Morgan fingerprint density at radius 1 is 1.00 bits per heavy atom. The lowest BCUT2D eigenvalue weighted by molar-refractivity contribution is 0.392. The fourth-order valence-corrected chi connectivity index (χ4v) is 2.03. The predicted octanol–water partition coefficient (Wildman–Crippen LogP) is 2.30. The molecule has 0 atom stereocenters. The third-order valence-electron chi connectivity index (χ3n) is 3.46. The molecule has 0 spiro atoms. The lowest BCUT2D eigenvalue weighted by atomic mass is 10.2. The van der Waals surface area contributed by atoms with E-state index in [1.165, 1.54) is 0 Å². The van der Waals surface area contributed by atoms with Crippen LogP contribution in [0.25, 0.3) is 0 Å². The van der Waals surface area contributed by atoms with Crippen LogP contribution in [0.4, 0.5) is 11.9 Å². The molecule has 2 aromatic rings. The van der Waals surface area contributed by atoms with Crippen LogP contribution in [-0.2, 0) is 6.54 Å². The van der Waals surface area contributed by atoms with Crippen molar-refractivity contribution in [2.45, 2.75) is 40.2 Å². The van der Waals surface area contributed by atoms with Gasteiger partial charge in [-0.3, -0.25) is 0 Å². The van der Waals surface area contributed by atoms with Crippen LogP contribution in [0.5, 0.6) is 0 Å². The van der Waals surface area contributed by atoms with Gasteiger partial charge in [0.25, 0.3) is 0 Å². The van der Waals surface area contributed by atoms with Gasteiger partial charge in [0.05, 0.1) is 12.2 Å². The van der Waals surface area contributed by atoms with Crippen molar-refractivity contribution in [3.63, 3.8) is 0 Å². The molecule has 0 aliphatic carbocycles. The molecule has 0 aliphatic rings. The van der Waals surface area contributed by atoms with E-state index >= 15 is 0 Å². The average Bonchev–Trinajstić information content (AvgIpc) is 2.78. The number of hydrogen-bond acceptors (Lipinski definition) is 7. The maximum atomic E-state index is 5.22. The van der Waals surface area contributed by atoms with Gasteiger partial charge in [0.1, 0.15) is 11.6 Å². The summed E-state index contributed by atoms with van der Waals surface area (Å²) < 4.78 is 5.22. The lowest BCUT2D eigenvalue weighted by Crippen LogP contribution is -2.23. The maximum Gasteiger partial charge on any atom is 0.230 e. The molecule has 2 aromatic heterocycles. The molecule has 0 N–H and O–H groups in total. The molecule has 7 nitrogen and oxygen atoms in total. The summed E-state index contributed by atoms with van der Waals surface area (Å²) in [6.07, 6.45) is 0. The first-order chi connectivity index (χ1) is 10.3. The highest BCUT2D eigenvalue weighted by Crippen LogP contribution is 2.20. The van der Waals surface area contributed by atoms with E-state index < -0.39 is 0 Å². The van der Waals surface area contributed by atoms with Gasteiger partial charge in [-0.25, -0.2) is 0 Å². The molecule has 7 heteroatoms.